The van der Waals surface area contributed by atoms with Gasteiger partial charge in [-0.1, -0.05) is 6.58 Å². The Bertz CT molecular complexity index is 392. The molecule has 2 fully saturated rings. The molecular weight excluding hydrogens is 244 g/mol. The van der Waals surface area contributed by atoms with Crippen LogP contribution in [0.2, 0.25) is 0 Å². The van der Waals surface area contributed by atoms with E-state index in [1.807, 2.05) is 13.0 Å². The Morgan fingerprint density at radius 3 is 3.00 bits per heavy atom. The van der Waals surface area contributed by atoms with Crippen molar-refractivity contribution in [3.8, 4) is 0 Å². The van der Waals surface area contributed by atoms with Crippen LogP contribution in [0.25, 0.3) is 0 Å². The minimum Gasteiger partial charge on any atom is -0.485 e. The predicted octanol–water partition coefficient (Wildman–Crippen LogP) is 2.54. The van der Waals surface area contributed by atoms with Gasteiger partial charge in [0, 0.05) is 0 Å². The summed E-state index contributed by atoms with van der Waals surface area (Å²) in [6, 6.07) is 0. The zero-order valence-electron chi connectivity index (χ0n) is 11.6. The van der Waals surface area contributed by atoms with Crippen molar-refractivity contribution in [2.75, 3.05) is 6.61 Å². The summed E-state index contributed by atoms with van der Waals surface area (Å²) in [4.78, 5) is 0. The highest BCUT2D eigenvalue weighted by Crippen LogP contribution is 2.39. The van der Waals surface area contributed by atoms with Gasteiger partial charge >= 0.3 is 0 Å². The maximum Gasteiger partial charge on any atom is 0.155 e. The third-order valence-electron chi connectivity index (χ3n) is 4.31. The zero-order valence-corrected chi connectivity index (χ0v) is 11.6. The lowest BCUT2D eigenvalue weighted by molar-refractivity contribution is -0.262. The van der Waals surface area contributed by atoms with Gasteiger partial charge in [0.15, 0.2) is 6.29 Å². The first kappa shape index (κ1) is 13.2. The fourth-order valence-corrected chi connectivity index (χ4v) is 3.12. The number of rotatable bonds is 1. The smallest absolute Gasteiger partial charge is 0.155 e. The third-order valence-corrected chi connectivity index (χ3v) is 4.31. The molecule has 3 heterocycles. The minimum absolute atomic E-state index is 0.0188. The molecule has 4 heteroatoms. The average Bonchev–Trinajstić information content (AvgIpc) is 2.54. The summed E-state index contributed by atoms with van der Waals surface area (Å²) in [5.74, 6) is 0.859. The molecule has 0 amide bonds. The quantitative estimate of drug-likeness (QED) is 0.731. The van der Waals surface area contributed by atoms with Gasteiger partial charge in [0.05, 0.1) is 12.7 Å². The van der Waals surface area contributed by atoms with Crippen LogP contribution >= 0.6 is 0 Å². The van der Waals surface area contributed by atoms with Crippen molar-refractivity contribution in [1.29, 1.82) is 0 Å². The summed E-state index contributed by atoms with van der Waals surface area (Å²) in [5, 5.41) is 0. The fraction of sp³-hybridized carbons (Fsp3) is 0.733. The third kappa shape index (κ3) is 2.45. The molecule has 0 aromatic carbocycles. The molecule has 0 aliphatic carbocycles. The van der Waals surface area contributed by atoms with Crippen LogP contribution in [-0.2, 0) is 18.9 Å². The monoisotopic (exact) mass is 266 g/mol. The van der Waals surface area contributed by atoms with Gasteiger partial charge < -0.3 is 18.9 Å². The molecule has 19 heavy (non-hydrogen) atoms. The summed E-state index contributed by atoms with van der Waals surface area (Å²) in [6.07, 6.45) is 6.59. The summed E-state index contributed by atoms with van der Waals surface area (Å²) in [5.41, 5.74) is -0.289. The van der Waals surface area contributed by atoms with E-state index in [1.165, 1.54) is 0 Å². The van der Waals surface area contributed by atoms with Crippen molar-refractivity contribution in [3.05, 3.63) is 24.5 Å². The molecule has 3 rings (SSSR count). The van der Waals surface area contributed by atoms with Gasteiger partial charge in [-0.05, 0) is 45.3 Å². The lowest BCUT2D eigenvalue weighted by Gasteiger charge is -2.40. The van der Waals surface area contributed by atoms with Crippen LogP contribution in [0.15, 0.2) is 24.5 Å². The lowest BCUT2D eigenvalue weighted by Crippen LogP contribution is -2.48. The van der Waals surface area contributed by atoms with Gasteiger partial charge in [-0.2, -0.15) is 0 Å². The SMILES string of the molecule is C=CC1=CC[C@@H]2O[C@@H]3CO[C@@H](C)O[C@H]3CC[C@@]2(C)O1. The molecule has 0 radical (unpaired) electrons. The summed E-state index contributed by atoms with van der Waals surface area (Å²) < 4.78 is 23.6. The zero-order chi connectivity index (χ0) is 13.5. The Labute approximate surface area is 114 Å². The largest absolute Gasteiger partial charge is 0.485 e. The van der Waals surface area contributed by atoms with E-state index in [0.29, 0.717) is 6.61 Å². The van der Waals surface area contributed by atoms with Gasteiger partial charge in [-0.25, -0.2) is 0 Å². The number of allylic oxidation sites excluding steroid dienone is 1. The maximum absolute atomic E-state index is 6.21. The molecule has 0 spiro atoms. The minimum atomic E-state index is -0.289. The van der Waals surface area contributed by atoms with E-state index in [2.05, 4.69) is 13.5 Å². The molecule has 0 aromatic heterocycles. The van der Waals surface area contributed by atoms with Crippen molar-refractivity contribution >= 4 is 0 Å². The molecule has 0 aromatic rings. The Morgan fingerprint density at radius 1 is 1.37 bits per heavy atom. The number of fused-ring (bicyclic) bond motifs is 2. The van der Waals surface area contributed by atoms with Crippen LogP contribution in [0.5, 0.6) is 0 Å². The summed E-state index contributed by atoms with van der Waals surface area (Å²) in [7, 11) is 0. The van der Waals surface area contributed by atoms with Gasteiger partial charge in [0.1, 0.15) is 23.6 Å². The Balaban J connectivity index is 1.78. The molecule has 3 aliphatic heterocycles. The molecule has 106 valence electrons. The molecule has 0 N–H and O–H groups in total. The van der Waals surface area contributed by atoms with Gasteiger partial charge in [-0.3, -0.25) is 0 Å². The van der Waals surface area contributed by atoms with Crippen molar-refractivity contribution in [2.24, 2.45) is 0 Å². The number of ether oxygens (including phenoxy) is 4. The van der Waals surface area contributed by atoms with Crippen LogP contribution in [0.3, 0.4) is 0 Å². The summed E-state index contributed by atoms with van der Waals surface area (Å²) in [6.45, 7) is 8.44. The van der Waals surface area contributed by atoms with Crippen LogP contribution in [0, 0.1) is 0 Å². The van der Waals surface area contributed by atoms with E-state index in [4.69, 9.17) is 18.9 Å². The van der Waals surface area contributed by atoms with Crippen molar-refractivity contribution in [3.63, 3.8) is 0 Å². The van der Waals surface area contributed by atoms with E-state index < -0.39 is 0 Å². The lowest BCUT2D eigenvalue weighted by atomic mass is 9.88. The molecule has 0 unspecified atom stereocenters. The molecule has 2 saturated heterocycles. The first-order valence-corrected chi connectivity index (χ1v) is 7.05. The first-order chi connectivity index (χ1) is 9.10. The highest BCUT2D eigenvalue weighted by molar-refractivity contribution is 5.16. The average molecular weight is 266 g/mol. The van der Waals surface area contributed by atoms with Crippen molar-refractivity contribution in [1.82, 2.24) is 0 Å². The van der Waals surface area contributed by atoms with Crippen LogP contribution in [0.1, 0.15) is 33.1 Å². The highest BCUT2D eigenvalue weighted by Gasteiger charge is 2.47. The van der Waals surface area contributed by atoms with Crippen molar-refractivity contribution < 1.29 is 18.9 Å². The van der Waals surface area contributed by atoms with Gasteiger partial charge in [-0.15, -0.1) is 0 Å². The fourth-order valence-electron chi connectivity index (χ4n) is 3.12. The highest BCUT2D eigenvalue weighted by atomic mass is 16.7. The van der Waals surface area contributed by atoms with E-state index >= 15 is 0 Å². The van der Waals surface area contributed by atoms with Crippen LogP contribution in [0.4, 0.5) is 0 Å². The Kier molecular flexibility index (Phi) is 3.41. The van der Waals surface area contributed by atoms with Crippen molar-refractivity contribution in [2.45, 2.75) is 63.3 Å². The summed E-state index contributed by atoms with van der Waals surface area (Å²) >= 11 is 0. The first-order valence-electron chi connectivity index (χ1n) is 7.05. The normalized spacial score (nSPS) is 46.1. The van der Waals surface area contributed by atoms with Crippen LogP contribution in [-0.4, -0.2) is 36.8 Å². The molecule has 3 aliphatic rings. The second-order valence-electron chi connectivity index (χ2n) is 5.74. The number of hydrogen-bond donors (Lipinski definition) is 0. The molecular formula is C15H22O4. The Morgan fingerprint density at radius 2 is 2.21 bits per heavy atom. The molecule has 0 saturated carbocycles. The second kappa shape index (κ2) is 4.93. The molecule has 4 nitrogen and oxygen atoms in total. The molecule has 5 atom stereocenters. The van der Waals surface area contributed by atoms with Crippen LogP contribution < -0.4 is 0 Å². The van der Waals surface area contributed by atoms with Gasteiger partial charge in [0.25, 0.3) is 0 Å². The van der Waals surface area contributed by atoms with E-state index in [0.717, 1.165) is 25.0 Å². The second-order valence-corrected chi connectivity index (χ2v) is 5.74. The van der Waals surface area contributed by atoms with E-state index in [-0.39, 0.29) is 30.2 Å². The number of hydrogen-bond acceptors (Lipinski definition) is 4. The topological polar surface area (TPSA) is 36.9 Å². The molecule has 0 bridgehead atoms. The van der Waals surface area contributed by atoms with E-state index in [9.17, 15) is 0 Å². The predicted molar refractivity (Wildman–Crippen MR) is 70.6 cm³/mol. The van der Waals surface area contributed by atoms with Gasteiger partial charge in [0.2, 0.25) is 0 Å². The van der Waals surface area contributed by atoms with E-state index in [1.54, 1.807) is 6.08 Å². The Hall–Kier alpha value is -0.840. The standard InChI is InChI=1S/C15H22O4/c1-4-11-5-6-14-15(3,19-11)8-7-12-13(18-14)9-16-10(2)17-12/h4-5,10,12-14H,1,6-9H2,2-3H3/t10-,12+,13-,14+,15-/m1/s1. The maximum atomic E-state index is 6.21.